The summed E-state index contributed by atoms with van der Waals surface area (Å²) in [5.41, 5.74) is -3.27. The summed E-state index contributed by atoms with van der Waals surface area (Å²) >= 11 is 0. The van der Waals surface area contributed by atoms with Gasteiger partial charge in [0.2, 0.25) is 0 Å². The van der Waals surface area contributed by atoms with E-state index in [2.05, 4.69) is 10.6 Å². The minimum Gasteiger partial charge on any atom is -0.484 e. The third-order valence-electron chi connectivity index (χ3n) is 6.99. The summed E-state index contributed by atoms with van der Waals surface area (Å²) in [6.07, 6.45) is -4.41. The van der Waals surface area contributed by atoms with E-state index in [1.54, 1.807) is 0 Å². The maximum absolute atomic E-state index is 13.4. The van der Waals surface area contributed by atoms with Gasteiger partial charge in [-0.1, -0.05) is 0 Å². The van der Waals surface area contributed by atoms with E-state index in [0.29, 0.717) is 37.8 Å². The molecule has 2 aromatic rings. The minimum atomic E-state index is -4.92. The van der Waals surface area contributed by atoms with E-state index in [1.807, 2.05) is 0 Å². The van der Waals surface area contributed by atoms with Crippen molar-refractivity contribution in [3.05, 3.63) is 59.4 Å². The van der Waals surface area contributed by atoms with Gasteiger partial charge < -0.3 is 25.2 Å². The minimum absolute atomic E-state index is 0.0249. The van der Waals surface area contributed by atoms with Gasteiger partial charge in [0.05, 0.1) is 17.2 Å². The number of fused-ring (bicyclic) bond motifs is 3. The first kappa shape index (κ1) is 27.6. The molecule has 3 saturated carbocycles. The molecule has 38 heavy (non-hydrogen) atoms. The van der Waals surface area contributed by atoms with E-state index in [9.17, 15) is 41.0 Å². The van der Waals surface area contributed by atoms with E-state index in [-0.39, 0.29) is 17.9 Å². The smallest absolute Gasteiger partial charge is 0.419 e. The average Bonchev–Trinajstić information content (AvgIpc) is 2.84. The highest BCUT2D eigenvalue weighted by Crippen LogP contribution is 2.47. The fraction of sp³-hybridized carbons (Fsp3) is 0.440. The van der Waals surface area contributed by atoms with Gasteiger partial charge in [-0.2, -0.15) is 13.2 Å². The summed E-state index contributed by atoms with van der Waals surface area (Å²) in [5, 5.41) is 16.3. The Labute approximate surface area is 213 Å². The zero-order valence-electron chi connectivity index (χ0n) is 19.8. The van der Waals surface area contributed by atoms with Crippen LogP contribution in [0.4, 0.5) is 26.3 Å². The molecule has 2 bridgehead atoms. The molecular weight excluding hydrogens is 522 g/mol. The van der Waals surface area contributed by atoms with Crippen LogP contribution in [0.5, 0.6) is 11.5 Å². The largest absolute Gasteiger partial charge is 0.484 e. The molecule has 1 atom stereocenters. The number of ether oxygens (including phenoxy) is 2. The molecule has 3 N–H and O–H groups in total. The number of aliphatic hydroxyl groups excluding tert-OH is 1. The van der Waals surface area contributed by atoms with Gasteiger partial charge >= 0.3 is 6.18 Å². The fourth-order valence-electron chi connectivity index (χ4n) is 4.98. The van der Waals surface area contributed by atoms with Crippen molar-refractivity contribution in [2.75, 3.05) is 13.2 Å². The predicted octanol–water partition coefficient (Wildman–Crippen LogP) is 3.63. The summed E-state index contributed by atoms with van der Waals surface area (Å²) < 4.78 is 88.7. The van der Waals surface area contributed by atoms with Crippen LogP contribution in [0, 0.1) is 17.5 Å². The van der Waals surface area contributed by atoms with Crippen LogP contribution in [-0.4, -0.2) is 47.3 Å². The van der Waals surface area contributed by atoms with Crippen molar-refractivity contribution < 1.29 is 50.5 Å². The van der Waals surface area contributed by atoms with E-state index in [1.165, 1.54) is 6.07 Å². The van der Waals surface area contributed by atoms with Gasteiger partial charge in [-0.3, -0.25) is 9.59 Å². The van der Waals surface area contributed by atoms with Crippen molar-refractivity contribution in [2.45, 2.75) is 55.5 Å². The van der Waals surface area contributed by atoms with E-state index in [4.69, 9.17) is 9.47 Å². The summed E-state index contributed by atoms with van der Waals surface area (Å²) in [6.45, 7) is -1.11. The number of nitrogens with one attached hydrogen (secondary N) is 2. The molecule has 2 aromatic carbocycles. The monoisotopic (exact) mass is 546 g/mol. The lowest BCUT2D eigenvalue weighted by molar-refractivity contribution is -0.140. The quantitative estimate of drug-likeness (QED) is 0.440. The second-order valence-electron chi connectivity index (χ2n) is 9.55. The van der Waals surface area contributed by atoms with Crippen molar-refractivity contribution in [2.24, 2.45) is 0 Å². The molecule has 2 amide bonds. The summed E-state index contributed by atoms with van der Waals surface area (Å²) in [4.78, 5) is 24.9. The molecule has 3 aliphatic rings. The molecule has 7 nitrogen and oxygen atoms in total. The fourth-order valence-corrected chi connectivity index (χ4v) is 4.98. The first-order chi connectivity index (χ1) is 17.8. The Morgan fingerprint density at radius 1 is 0.842 bits per heavy atom. The first-order valence-corrected chi connectivity index (χ1v) is 11.7. The number of aliphatic hydroxyl groups is 1. The van der Waals surface area contributed by atoms with Crippen LogP contribution in [0.3, 0.4) is 0 Å². The zero-order valence-corrected chi connectivity index (χ0v) is 19.8. The molecule has 5 rings (SSSR count). The topological polar surface area (TPSA) is 96.9 Å². The molecule has 0 heterocycles. The highest BCUT2D eigenvalue weighted by molar-refractivity contribution is 5.79. The van der Waals surface area contributed by atoms with E-state index in [0.717, 1.165) is 18.2 Å². The number of hydrogen-bond acceptors (Lipinski definition) is 5. The Morgan fingerprint density at radius 2 is 1.39 bits per heavy atom. The molecule has 0 aliphatic heterocycles. The number of amides is 2. The number of hydrogen-bond donors (Lipinski definition) is 3. The van der Waals surface area contributed by atoms with Gasteiger partial charge in [0.1, 0.15) is 17.3 Å². The van der Waals surface area contributed by atoms with Crippen LogP contribution in [-0.2, 0) is 15.8 Å². The maximum atomic E-state index is 13.4. The van der Waals surface area contributed by atoms with Crippen LogP contribution in [0.25, 0.3) is 0 Å². The number of carbonyl (C=O) groups is 2. The van der Waals surface area contributed by atoms with Crippen LogP contribution < -0.4 is 20.1 Å². The molecule has 0 aromatic heterocycles. The third-order valence-corrected chi connectivity index (χ3v) is 6.99. The normalized spacial score (nSPS) is 24.6. The standard InChI is InChI=1S/C25H24F6N2O5/c26-17-3-1-14(9-16(17)25(29,30)31)37-13-22(36)33-24-7-5-23(6-8-24,11-20(24)34)32-21(35)12-38-15-2-4-18(27)19(28)10-15/h1-4,9-10,20,34H,5-8,11-13H2,(H,32,35)(H,33,36)/t20-,23?,24?/m1/s1. The third kappa shape index (κ3) is 5.98. The molecule has 3 aliphatic carbocycles. The summed E-state index contributed by atoms with van der Waals surface area (Å²) in [6, 6.07) is 4.90. The molecule has 0 saturated heterocycles. The van der Waals surface area contributed by atoms with Crippen LogP contribution in [0.2, 0.25) is 0 Å². The number of halogens is 6. The second-order valence-corrected chi connectivity index (χ2v) is 9.55. The van der Waals surface area contributed by atoms with E-state index < -0.39 is 71.4 Å². The molecule has 3 fully saturated rings. The maximum Gasteiger partial charge on any atom is 0.419 e. The van der Waals surface area contributed by atoms with Gasteiger partial charge in [0.25, 0.3) is 11.8 Å². The molecular formula is C25H24F6N2O5. The van der Waals surface area contributed by atoms with Crippen molar-refractivity contribution >= 4 is 11.8 Å². The molecule has 0 unspecified atom stereocenters. The lowest BCUT2D eigenvalue weighted by atomic mass is 9.60. The Morgan fingerprint density at radius 3 is 1.95 bits per heavy atom. The Bertz CT molecular complexity index is 1210. The van der Waals surface area contributed by atoms with Gasteiger partial charge in [0.15, 0.2) is 24.8 Å². The molecule has 206 valence electrons. The second kappa shape index (κ2) is 10.4. The summed E-state index contributed by atoms with van der Waals surface area (Å²) in [7, 11) is 0. The Hall–Kier alpha value is -3.48. The Balaban J connectivity index is 1.29. The lowest BCUT2D eigenvalue weighted by Gasteiger charge is -2.56. The van der Waals surface area contributed by atoms with Crippen molar-refractivity contribution in [1.29, 1.82) is 0 Å². The lowest BCUT2D eigenvalue weighted by Crippen LogP contribution is -2.70. The predicted molar refractivity (Wildman–Crippen MR) is 120 cm³/mol. The highest BCUT2D eigenvalue weighted by atomic mass is 19.4. The van der Waals surface area contributed by atoms with Crippen LogP contribution in [0.1, 0.15) is 37.7 Å². The van der Waals surface area contributed by atoms with Crippen molar-refractivity contribution in [3.8, 4) is 11.5 Å². The van der Waals surface area contributed by atoms with Crippen LogP contribution in [0.15, 0.2) is 36.4 Å². The SMILES string of the molecule is O=C(COc1ccc(F)c(F)c1)NC12CCC(NC(=O)COc3ccc(F)c(C(F)(F)F)c3)(CC1)[C@H](O)C2. The average molecular weight is 546 g/mol. The summed E-state index contributed by atoms with van der Waals surface area (Å²) in [5.74, 6) is -5.20. The van der Waals surface area contributed by atoms with Crippen LogP contribution >= 0.6 is 0 Å². The molecule has 0 radical (unpaired) electrons. The van der Waals surface area contributed by atoms with Gasteiger partial charge in [-0.25, -0.2) is 13.2 Å². The Kier molecular flexibility index (Phi) is 7.51. The van der Waals surface area contributed by atoms with Gasteiger partial charge in [0, 0.05) is 11.6 Å². The van der Waals surface area contributed by atoms with Crippen molar-refractivity contribution in [1.82, 2.24) is 10.6 Å². The zero-order chi connectivity index (χ0) is 27.7. The number of rotatable bonds is 8. The highest BCUT2D eigenvalue weighted by Gasteiger charge is 2.55. The molecule has 0 spiro atoms. The van der Waals surface area contributed by atoms with Gasteiger partial charge in [-0.15, -0.1) is 0 Å². The van der Waals surface area contributed by atoms with Crippen molar-refractivity contribution in [3.63, 3.8) is 0 Å². The number of alkyl halides is 3. The molecule has 13 heteroatoms. The van der Waals surface area contributed by atoms with Gasteiger partial charge in [-0.05, 0) is 62.4 Å². The number of benzene rings is 2. The first-order valence-electron chi connectivity index (χ1n) is 11.7. The number of carbonyl (C=O) groups excluding carboxylic acids is 2. The van der Waals surface area contributed by atoms with E-state index >= 15 is 0 Å².